The Kier molecular flexibility index (Phi) is 3.93. The fraction of sp³-hybridized carbons (Fsp3) is 0.632. The summed E-state index contributed by atoms with van der Waals surface area (Å²) < 4.78 is 7.42. The van der Waals surface area contributed by atoms with Gasteiger partial charge in [-0.1, -0.05) is 0 Å². The van der Waals surface area contributed by atoms with Gasteiger partial charge in [-0.15, -0.1) is 0 Å². The predicted octanol–water partition coefficient (Wildman–Crippen LogP) is 4.07. The third-order valence-electron chi connectivity index (χ3n) is 4.83. The van der Waals surface area contributed by atoms with Gasteiger partial charge in [0.1, 0.15) is 5.60 Å². The molecule has 1 aliphatic carbocycles. The Morgan fingerprint density at radius 1 is 1.20 bits per heavy atom. The lowest BCUT2D eigenvalue weighted by molar-refractivity contribution is 0.00898. The minimum Gasteiger partial charge on any atom is -0.444 e. The number of ether oxygens (including phenoxy) is 1. The van der Waals surface area contributed by atoms with E-state index in [1.54, 1.807) is 0 Å². The molecule has 2 fully saturated rings. The largest absolute Gasteiger partial charge is 0.444 e. The van der Waals surface area contributed by atoms with Gasteiger partial charge in [0.15, 0.2) is 5.65 Å². The number of nitrogens with zero attached hydrogens (tertiary/aromatic N) is 4. The number of carbonyl (C=O) groups excluding carboxylic acids is 1. The maximum absolute atomic E-state index is 12.6. The first-order valence-corrected chi connectivity index (χ1v) is 9.26. The van der Waals surface area contributed by atoms with Crippen molar-refractivity contribution < 1.29 is 9.53 Å². The molecule has 25 heavy (non-hydrogen) atoms. The van der Waals surface area contributed by atoms with Crippen LogP contribution in [0.25, 0.3) is 5.65 Å². The van der Waals surface area contributed by atoms with Gasteiger partial charge in [-0.25, -0.2) is 14.3 Å². The van der Waals surface area contributed by atoms with E-state index in [0.717, 1.165) is 36.3 Å². The first-order valence-electron chi connectivity index (χ1n) is 9.26. The SMILES string of the molecule is CC(C)(C)OC(=O)N1CCCCC1c1cc2nc(C3CC3)ccn2n1. The van der Waals surface area contributed by atoms with Crippen molar-refractivity contribution >= 4 is 11.7 Å². The number of rotatable bonds is 2. The minimum absolute atomic E-state index is 0.0327. The fourth-order valence-corrected chi connectivity index (χ4v) is 3.46. The Hall–Kier alpha value is -2.11. The minimum atomic E-state index is -0.487. The molecule has 1 amide bonds. The van der Waals surface area contributed by atoms with Crippen molar-refractivity contribution in [1.29, 1.82) is 0 Å². The van der Waals surface area contributed by atoms with Crippen LogP contribution >= 0.6 is 0 Å². The lowest BCUT2D eigenvalue weighted by Crippen LogP contribution is -2.42. The number of fused-ring (bicyclic) bond motifs is 1. The van der Waals surface area contributed by atoms with Crippen LogP contribution in [0, 0.1) is 0 Å². The lowest BCUT2D eigenvalue weighted by Gasteiger charge is -2.35. The first-order chi connectivity index (χ1) is 11.9. The van der Waals surface area contributed by atoms with E-state index in [0.29, 0.717) is 12.5 Å². The molecule has 2 aromatic heterocycles. The van der Waals surface area contributed by atoms with Gasteiger partial charge in [0.2, 0.25) is 0 Å². The molecule has 1 saturated heterocycles. The van der Waals surface area contributed by atoms with Gasteiger partial charge in [-0.3, -0.25) is 4.90 Å². The molecule has 6 nitrogen and oxygen atoms in total. The summed E-state index contributed by atoms with van der Waals surface area (Å²) in [7, 11) is 0. The van der Waals surface area contributed by atoms with Gasteiger partial charge in [-0.05, 0) is 58.9 Å². The molecular formula is C19H26N4O2. The molecule has 0 spiro atoms. The van der Waals surface area contributed by atoms with E-state index < -0.39 is 5.60 Å². The number of likely N-dealkylation sites (tertiary alicyclic amines) is 1. The van der Waals surface area contributed by atoms with Crippen molar-refractivity contribution in [2.24, 2.45) is 0 Å². The number of piperidine rings is 1. The third-order valence-corrected chi connectivity index (χ3v) is 4.83. The highest BCUT2D eigenvalue weighted by molar-refractivity contribution is 5.69. The Labute approximate surface area is 148 Å². The number of carbonyl (C=O) groups is 1. The van der Waals surface area contributed by atoms with Gasteiger partial charge < -0.3 is 4.74 Å². The Morgan fingerprint density at radius 3 is 2.72 bits per heavy atom. The van der Waals surface area contributed by atoms with E-state index in [9.17, 15) is 4.79 Å². The van der Waals surface area contributed by atoms with Crippen molar-refractivity contribution in [3.63, 3.8) is 0 Å². The van der Waals surface area contributed by atoms with Crippen LogP contribution in [0.15, 0.2) is 18.3 Å². The monoisotopic (exact) mass is 342 g/mol. The molecule has 6 heteroatoms. The van der Waals surface area contributed by atoms with Crippen LogP contribution in [0.1, 0.15) is 76.2 Å². The number of hydrogen-bond acceptors (Lipinski definition) is 4. The predicted molar refractivity (Wildman–Crippen MR) is 94.5 cm³/mol. The van der Waals surface area contributed by atoms with E-state index in [2.05, 4.69) is 6.07 Å². The Balaban J connectivity index is 1.61. The van der Waals surface area contributed by atoms with Crippen LogP contribution in [0.4, 0.5) is 4.79 Å². The number of amides is 1. The van der Waals surface area contributed by atoms with Crippen LogP contribution < -0.4 is 0 Å². The molecular weight excluding hydrogens is 316 g/mol. The summed E-state index contributed by atoms with van der Waals surface area (Å²) in [5.74, 6) is 0.622. The van der Waals surface area contributed by atoms with E-state index >= 15 is 0 Å². The molecule has 1 saturated carbocycles. The van der Waals surface area contributed by atoms with Crippen LogP contribution in [0.2, 0.25) is 0 Å². The van der Waals surface area contributed by atoms with Crippen LogP contribution in [-0.2, 0) is 4.74 Å². The van der Waals surface area contributed by atoms with Gasteiger partial charge >= 0.3 is 6.09 Å². The average molecular weight is 342 g/mol. The summed E-state index contributed by atoms with van der Waals surface area (Å²) in [5, 5.41) is 4.69. The summed E-state index contributed by atoms with van der Waals surface area (Å²) in [6, 6.07) is 4.06. The normalized spacial score (nSPS) is 21.6. The second kappa shape index (κ2) is 6.00. The fourth-order valence-electron chi connectivity index (χ4n) is 3.46. The maximum atomic E-state index is 12.6. The highest BCUT2D eigenvalue weighted by atomic mass is 16.6. The third kappa shape index (κ3) is 3.48. The lowest BCUT2D eigenvalue weighted by atomic mass is 10.00. The Morgan fingerprint density at radius 2 is 2.00 bits per heavy atom. The molecule has 1 unspecified atom stereocenters. The summed E-state index contributed by atoms with van der Waals surface area (Å²) in [4.78, 5) is 19.2. The van der Waals surface area contributed by atoms with Gasteiger partial charge in [0, 0.05) is 30.4 Å². The van der Waals surface area contributed by atoms with Gasteiger partial charge in [0.25, 0.3) is 0 Å². The van der Waals surface area contributed by atoms with Crippen LogP contribution in [-0.4, -0.2) is 37.7 Å². The molecule has 0 radical (unpaired) electrons. The van der Waals surface area contributed by atoms with Crippen LogP contribution in [0.5, 0.6) is 0 Å². The molecule has 0 aromatic carbocycles. The molecule has 2 aromatic rings. The van der Waals surface area contributed by atoms with E-state index in [1.807, 2.05) is 42.4 Å². The molecule has 1 atom stereocenters. The molecule has 2 aliphatic rings. The molecule has 0 bridgehead atoms. The summed E-state index contributed by atoms with van der Waals surface area (Å²) >= 11 is 0. The standard InChI is InChI=1S/C19H26N4O2/c1-19(2,3)25-18(24)22-10-5-4-6-16(22)15-12-17-20-14(13-7-8-13)9-11-23(17)21-15/h9,11-13,16H,4-8,10H2,1-3H3. The zero-order chi connectivity index (χ0) is 17.6. The zero-order valence-electron chi connectivity index (χ0n) is 15.2. The van der Waals surface area contributed by atoms with Crippen LogP contribution in [0.3, 0.4) is 0 Å². The molecule has 0 N–H and O–H groups in total. The first kappa shape index (κ1) is 16.4. The summed E-state index contributed by atoms with van der Waals surface area (Å²) in [6.07, 6.45) is 7.23. The maximum Gasteiger partial charge on any atom is 0.410 e. The number of hydrogen-bond donors (Lipinski definition) is 0. The zero-order valence-corrected chi connectivity index (χ0v) is 15.2. The average Bonchev–Trinajstić information content (AvgIpc) is 3.32. The second-order valence-corrected chi connectivity index (χ2v) is 8.18. The molecule has 4 rings (SSSR count). The van der Waals surface area contributed by atoms with Gasteiger partial charge in [0.05, 0.1) is 11.7 Å². The molecule has 134 valence electrons. The van der Waals surface area contributed by atoms with Crippen molar-refractivity contribution in [2.75, 3.05) is 6.54 Å². The highest BCUT2D eigenvalue weighted by Gasteiger charge is 2.33. The highest BCUT2D eigenvalue weighted by Crippen LogP contribution is 2.39. The van der Waals surface area contributed by atoms with Crippen molar-refractivity contribution in [3.05, 3.63) is 29.7 Å². The summed E-state index contributed by atoms with van der Waals surface area (Å²) in [5.41, 5.74) is 2.45. The quantitative estimate of drug-likeness (QED) is 0.825. The van der Waals surface area contributed by atoms with Crippen molar-refractivity contribution in [1.82, 2.24) is 19.5 Å². The summed E-state index contributed by atoms with van der Waals surface area (Å²) in [6.45, 7) is 6.42. The van der Waals surface area contributed by atoms with Gasteiger partial charge in [-0.2, -0.15) is 5.10 Å². The van der Waals surface area contributed by atoms with Crippen molar-refractivity contribution in [3.8, 4) is 0 Å². The van der Waals surface area contributed by atoms with E-state index in [1.165, 1.54) is 12.8 Å². The molecule has 1 aliphatic heterocycles. The smallest absolute Gasteiger partial charge is 0.410 e. The number of aromatic nitrogens is 3. The second-order valence-electron chi connectivity index (χ2n) is 8.18. The van der Waals surface area contributed by atoms with Crippen molar-refractivity contribution in [2.45, 2.75) is 70.4 Å². The van der Waals surface area contributed by atoms with E-state index in [-0.39, 0.29) is 12.1 Å². The Bertz CT molecular complexity index is 788. The van der Waals surface area contributed by atoms with E-state index in [4.69, 9.17) is 14.8 Å². The topological polar surface area (TPSA) is 59.7 Å². The molecule has 3 heterocycles.